The quantitative estimate of drug-likeness (QED) is 0.844. The van der Waals surface area contributed by atoms with Crippen molar-refractivity contribution in [3.8, 4) is 5.75 Å². The number of anilines is 1. The Morgan fingerprint density at radius 1 is 1.11 bits per heavy atom. The average Bonchev–Trinajstić information content (AvgIpc) is 3.26. The first-order chi connectivity index (χ1) is 9.34. The van der Waals surface area contributed by atoms with Crippen molar-refractivity contribution in [3.63, 3.8) is 0 Å². The van der Waals surface area contributed by atoms with Gasteiger partial charge in [0.25, 0.3) is 0 Å². The number of ether oxygens (including phenoxy) is 1. The van der Waals surface area contributed by atoms with Crippen molar-refractivity contribution in [2.75, 3.05) is 4.90 Å². The van der Waals surface area contributed by atoms with Crippen LogP contribution < -0.4 is 9.64 Å². The highest BCUT2D eigenvalue weighted by molar-refractivity contribution is 5.89. The van der Waals surface area contributed by atoms with Crippen LogP contribution in [0.3, 0.4) is 0 Å². The van der Waals surface area contributed by atoms with Crippen LogP contribution in [0.15, 0.2) is 54.7 Å². The maximum absolute atomic E-state index is 12.3. The second-order valence-electron chi connectivity index (χ2n) is 4.47. The van der Waals surface area contributed by atoms with Gasteiger partial charge in [0.2, 0.25) is 0 Å². The van der Waals surface area contributed by atoms with E-state index in [0.29, 0.717) is 11.6 Å². The van der Waals surface area contributed by atoms with Crippen LogP contribution in [-0.2, 0) is 0 Å². The zero-order valence-electron chi connectivity index (χ0n) is 10.4. The first kappa shape index (κ1) is 11.7. The van der Waals surface area contributed by atoms with Crippen LogP contribution in [0.1, 0.15) is 12.8 Å². The number of hydrogen-bond donors (Lipinski definition) is 0. The lowest BCUT2D eigenvalue weighted by atomic mass is 10.3. The second kappa shape index (κ2) is 5.10. The molecule has 0 bridgehead atoms. The van der Waals surface area contributed by atoms with E-state index >= 15 is 0 Å². The number of pyridine rings is 1. The van der Waals surface area contributed by atoms with E-state index in [1.54, 1.807) is 23.2 Å². The SMILES string of the molecule is O=C(Oc1ccccc1)N(c1ccccn1)C1CC1. The van der Waals surface area contributed by atoms with E-state index in [1.807, 2.05) is 36.4 Å². The van der Waals surface area contributed by atoms with E-state index < -0.39 is 0 Å². The molecule has 0 aliphatic heterocycles. The van der Waals surface area contributed by atoms with Crippen molar-refractivity contribution >= 4 is 11.9 Å². The number of benzene rings is 1. The Morgan fingerprint density at radius 2 is 1.84 bits per heavy atom. The van der Waals surface area contributed by atoms with Crippen LogP contribution in [-0.4, -0.2) is 17.1 Å². The van der Waals surface area contributed by atoms with E-state index in [9.17, 15) is 4.79 Å². The molecule has 0 unspecified atom stereocenters. The van der Waals surface area contributed by atoms with Crippen LogP contribution in [0.25, 0.3) is 0 Å². The fourth-order valence-corrected chi connectivity index (χ4v) is 1.90. The highest BCUT2D eigenvalue weighted by atomic mass is 16.6. The van der Waals surface area contributed by atoms with Crippen molar-refractivity contribution in [1.82, 2.24) is 4.98 Å². The predicted molar refractivity (Wildman–Crippen MR) is 72.2 cm³/mol. The number of aromatic nitrogens is 1. The molecule has 2 aromatic rings. The van der Waals surface area contributed by atoms with Gasteiger partial charge in [-0.2, -0.15) is 0 Å². The summed E-state index contributed by atoms with van der Waals surface area (Å²) in [6.45, 7) is 0. The minimum atomic E-state index is -0.368. The fourth-order valence-electron chi connectivity index (χ4n) is 1.90. The Morgan fingerprint density at radius 3 is 2.47 bits per heavy atom. The van der Waals surface area contributed by atoms with Gasteiger partial charge in [-0.3, -0.25) is 4.90 Å². The Balaban J connectivity index is 1.79. The number of carbonyl (C=O) groups excluding carboxylic acids is 1. The van der Waals surface area contributed by atoms with Crippen LogP contribution >= 0.6 is 0 Å². The third kappa shape index (κ3) is 2.73. The Bertz CT molecular complexity index is 553. The maximum atomic E-state index is 12.3. The van der Waals surface area contributed by atoms with Gasteiger partial charge in [-0.25, -0.2) is 9.78 Å². The smallest absolute Gasteiger partial charge is 0.410 e. The molecular weight excluding hydrogens is 240 g/mol. The largest absolute Gasteiger partial charge is 0.421 e. The summed E-state index contributed by atoms with van der Waals surface area (Å²) in [6.07, 6.45) is 3.31. The number of hydrogen-bond acceptors (Lipinski definition) is 3. The van der Waals surface area contributed by atoms with Gasteiger partial charge in [-0.1, -0.05) is 24.3 Å². The van der Waals surface area contributed by atoms with Crippen molar-refractivity contribution in [1.29, 1.82) is 0 Å². The fraction of sp³-hybridized carbons (Fsp3) is 0.200. The summed E-state index contributed by atoms with van der Waals surface area (Å²) in [5.41, 5.74) is 0. The van der Waals surface area contributed by atoms with Crippen LogP contribution in [0.4, 0.5) is 10.6 Å². The van der Waals surface area contributed by atoms with E-state index in [2.05, 4.69) is 4.98 Å². The molecular formula is C15H14N2O2. The average molecular weight is 254 g/mol. The molecule has 0 saturated heterocycles. The first-order valence-corrected chi connectivity index (χ1v) is 6.32. The zero-order valence-corrected chi connectivity index (χ0v) is 10.4. The van der Waals surface area contributed by atoms with E-state index in [-0.39, 0.29) is 12.1 Å². The number of para-hydroxylation sites is 1. The molecule has 1 aliphatic rings. The molecule has 1 heterocycles. The van der Waals surface area contributed by atoms with Gasteiger partial charge in [-0.05, 0) is 37.1 Å². The molecule has 19 heavy (non-hydrogen) atoms. The Kier molecular flexibility index (Phi) is 3.14. The molecule has 4 heteroatoms. The normalized spacial score (nSPS) is 13.9. The molecule has 4 nitrogen and oxygen atoms in total. The highest BCUT2D eigenvalue weighted by Gasteiger charge is 2.35. The molecule has 1 saturated carbocycles. The third-order valence-electron chi connectivity index (χ3n) is 2.95. The molecule has 0 atom stereocenters. The molecule has 0 spiro atoms. The van der Waals surface area contributed by atoms with Gasteiger partial charge >= 0.3 is 6.09 Å². The lowest BCUT2D eigenvalue weighted by molar-refractivity contribution is 0.207. The van der Waals surface area contributed by atoms with Gasteiger partial charge in [0.1, 0.15) is 11.6 Å². The number of rotatable bonds is 3. The standard InChI is InChI=1S/C15H14N2O2/c18-15(19-13-6-2-1-3-7-13)17(12-9-10-12)14-8-4-5-11-16-14/h1-8,11-12H,9-10H2. The summed E-state index contributed by atoms with van der Waals surface area (Å²) in [7, 11) is 0. The Labute approximate surface area is 111 Å². The van der Waals surface area contributed by atoms with Gasteiger partial charge in [0, 0.05) is 12.2 Å². The van der Waals surface area contributed by atoms with Crippen molar-refractivity contribution in [3.05, 3.63) is 54.7 Å². The number of nitrogens with zero attached hydrogens (tertiary/aromatic N) is 2. The Hall–Kier alpha value is -2.36. The molecule has 0 radical (unpaired) electrons. The summed E-state index contributed by atoms with van der Waals surface area (Å²) in [5, 5.41) is 0. The van der Waals surface area contributed by atoms with Crippen LogP contribution in [0.5, 0.6) is 5.75 Å². The van der Waals surface area contributed by atoms with Gasteiger partial charge in [-0.15, -0.1) is 0 Å². The highest BCUT2D eigenvalue weighted by Crippen LogP contribution is 2.31. The third-order valence-corrected chi connectivity index (χ3v) is 2.95. The molecule has 1 fully saturated rings. The van der Waals surface area contributed by atoms with Gasteiger partial charge < -0.3 is 4.74 Å². The van der Waals surface area contributed by atoms with Gasteiger partial charge in [0.05, 0.1) is 0 Å². The summed E-state index contributed by atoms with van der Waals surface area (Å²) in [6, 6.07) is 14.8. The number of amides is 1. The van der Waals surface area contributed by atoms with E-state index in [0.717, 1.165) is 12.8 Å². The second-order valence-corrected chi connectivity index (χ2v) is 4.47. The van der Waals surface area contributed by atoms with Crippen molar-refractivity contribution in [2.45, 2.75) is 18.9 Å². The van der Waals surface area contributed by atoms with Crippen LogP contribution in [0, 0.1) is 0 Å². The summed E-state index contributed by atoms with van der Waals surface area (Å²) < 4.78 is 5.38. The molecule has 1 amide bonds. The lowest BCUT2D eigenvalue weighted by Gasteiger charge is -2.20. The zero-order chi connectivity index (χ0) is 13.1. The minimum absolute atomic E-state index is 0.214. The lowest BCUT2D eigenvalue weighted by Crippen LogP contribution is -2.36. The first-order valence-electron chi connectivity index (χ1n) is 6.32. The molecule has 1 aliphatic carbocycles. The molecule has 96 valence electrons. The van der Waals surface area contributed by atoms with E-state index in [1.165, 1.54) is 0 Å². The molecule has 1 aromatic carbocycles. The van der Waals surface area contributed by atoms with Crippen molar-refractivity contribution < 1.29 is 9.53 Å². The summed E-state index contributed by atoms with van der Waals surface area (Å²) >= 11 is 0. The van der Waals surface area contributed by atoms with Crippen LogP contribution in [0.2, 0.25) is 0 Å². The monoisotopic (exact) mass is 254 g/mol. The van der Waals surface area contributed by atoms with E-state index in [4.69, 9.17) is 4.74 Å². The minimum Gasteiger partial charge on any atom is -0.410 e. The molecule has 3 rings (SSSR count). The summed E-state index contributed by atoms with van der Waals surface area (Å²) in [4.78, 5) is 18.1. The topological polar surface area (TPSA) is 42.4 Å². The van der Waals surface area contributed by atoms with Gasteiger partial charge in [0.15, 0.2) is 0 Å². The molecule has 0 N–H and O–H groups in total. The predicted octanol–water partition coefficient (Wildman–Crippen LogP) is 3.25. The maximum Gasteiger partial charge on any atom is 0.421 e. The number of carbonyl (C=O) groups is 1. The summed E-state index contributed by atoms with van der Waals surface area (Å²) in [5.74, 6) is 1.19. The molecule has 1 aromatic heterocycles. The van der Waals surface area contributed by atoms with Crippen molar-refractivity contribution in [2.24, 2.45) is 0 Å².